The molecule has 5 nitrogen and oxygen atoms in total. The van der Waals surface area contributed by atoms with E-state index in [4.69, 9.17) is 0 Å². The summed E-state index contributed by atoms with van der Waals surface area (Å²) in [4.78, 5) is 4.40. The molecule has 0 bridgehead atoms. The third kappa shape index (κ3) is 4.86. The highest BCUT2D eigenvalue weighted by Crippen LogP contribution is 2.15. The van der Waals surface area contributed by atoms with Gasteiger partial charge in [0, 0.05) is 18.8 Å². The van der Waals surface area contributed by atoms with Crippen LogP contribution in [0.4, 0.5) is 0 Å². The lowest BCUT2D eigenvalue weighted by Crippen LogP contribution is -2.44. The van der Waals surface area contributed by atoms with Crippen molar-refractivity contribution in [1.29, 1.82) is 0 Å². The number of hydrogen-bond donors (Lipinski definition) is 2. The van der Waals surface area contributed by atoms with E-state index in [2.05, 4.69) is 27.8 Å². The lowest BCUT2D eigenvalue weighted by atomic mass is 10.2. The van der Waals surface area contributed by atoms with Crippen molar-refractivity contribution >= 4 is 15.8 Å². The highest BCUT2D eigenvalue weighted by molar-refractivity contribution is 7.92. The molecular formula is C13H25N3O2S. The van der Waals surface area contributed by atoms with Crippen molar-refractivity contribution < 1.29 is 8.42 Å². The molecule has 0 aromatic heterocycles. The first-order valence-electron chi connectivity index (χ1n) is 6.65. The third-order valence-corrected chi connectivity index (χ3v) is 5.45. The van der Waals surface area contributed by atoms with Crippen molar-refractivity contribution in [3.05, 3.63) is 12.2 Å². The fourth-order valence-electron chi connectivity index (χ4n) is 1.64. The van der Waals surface area contributed by atoms with Crippen molar-refractivity contribution in [3.8, 4) is 0 Å². The van der Waals surface area contributed by atoms with Crippen LogP contribution in [0.15, 0.2) is 17.1 Å². The summed E-state index contributed by atoms with van der Waals surface area (Å²) < 4.78 is 22.5. The van der Waals surface area contributed by atoms with E-state index in [0.717, 1.165) is 19.4 Å². The van der Waals surface area contributed by atoms with Crippen LogP contribution in [-0.4, -0.2) is 44.5 Å². The van der Waals surface area contributed by atoms with Crippen molar-refractivity contribution in [2.24, 2.45) is 4.99 Å². The molecular weight excluding hydrogens is 262 g/mol. The van der Waals surface area contributed by atoms with Crippen LogP contribution in [0.25, 0.3) is 0 Å². The Bertz CT molecular complexity index is 445. The molecule has 2 N–H and O–H groups in total. The van der Waals surface area contributed by atoms with Gasteiger partial charge in [-0.2, -0.15) is 0 Å². The first-order chi connectivity index (χ1) is 8.76. The van der Waals surface area contributed by atoms with Gasteiger partial charge in [0.25, 0.3) is 0 Å². The van der Waals surface area contributed by atoms with E-state index in [1.165, 1.54) is 6.26 Å². The molecule has 0 radical (unpaired) electrons. The minimum Gasteiger partial charge on any atom is -0.357 e. The highest BCUT2D eigenvalue weighted by Gasteiger charge is 2.30. The van der Waals surface area contributed by atoms with Crippen LogP contribution in [0.5, 0.6) is 0 Å². The lowest BCUT2D eigenvalue weighted by Gasteiger charge is -2.22. The van der Waals surface area contributed by atoms with Crippen LogP contribution >= 0.6 is 0 Å². The van der Waals surface area contributed by atoms with Gasteiger partial charge < -0.3 is 10.6 Å². The molecule has 1 aliphatic carbocycles. The fraction of sp³-hybridized carbons (Fsp3) is 0.769. The lowest BCUT2D eigenvalue weighted by molar-refractivity contribution is 0.553. The maximum Gasteiger partial charge on any atom is 0.191 e. The maximum atomic E-state index is 11.6. The average Bonchev–Trinajstić information content (AvgIpc) is 2.77. The summed E-state index contributed by atoms with van der Waals surface area (Å²) in [7, 11) is -3.12. The van der Waals surface area contributed by atoms with Gasteiger partial charge >= 0.3 is 0 Å². The van der Waals surface area contributed by atoms with Gasteiger partial charge in [-0.15, -0.1) is 0 Å². The van der Waals surface area contributed by atoms with E-state index < -0.39 is 14.6 Å². The summed E-state index contributed by atoms with van der Waals surface area (Å²) in [5, 5.41) is 6.47. The van der Waals surface area contributed by atoms with Crippen molar-refractivity contribution in [3.63, 3.8) is 0 Å². The second kappa shape index (κ2) is 6.41. The zero-order valence-corrected chi connectivity index (χ0v) is 13.0. The molecule has 110 valence electrons. The highest BCUT2D eigenvalue weighted by atomic mass is 32.2. The van der Waals surface area contributed by atoms with Gasteiger partial charge in [-0.1, -0.05) is 12.2 Å². The predicted molar refractivity (Wildman–Crippen MR) is 80.2 cm³/mol. The maximum absolute atomic E-state index is 11.6. The Morgan fingerprint density at radius 1 is 1.37 bits per heavy atom. The summed E-state index contributed by atoms with van der Waals surface area (Å²) in [6.45, 7) is 6.40. The molecule has 0 aromatic rings. The number of guanidine groups is 1. The third-order valence-electron chi connectivity index (χ3n) is 3.31. The van der Waals surface area contributed by atoms with Gasteiger partial charge in [0.15, 0.2) is 15.8 Å². The first-order valence-corrected chi connectivity index (χ1v) is 8.55. The number of hydrogen-bond acceptors (Lipinski definition) is 3. The average molecular weight is 287 g/mol. The van der Waals surface area contributed by atoms with Crippen molar-refractivity contribution in [1.82, 2.24) is 10.6 Å². The van der Waals surface area contributed by atoms with E-state index >= 15 is 0 Å². The molecule has 0 spiro atoms. The molecule has 0 aliphatic heterocycles. The summed E-state index contributed by atoms with van der Waals surface area (Å²) in [5.74, 6) is 0.688. The van der Waals surface area contributed by atoms with Crippen LogP contribution in [0, 0.1) is 0 Å². The van der Waals surface area contributed by atoms with Gasteiger partial charge in [0.1, 0.15) is 0 Å². The summed E-state index contributed by atoms with van der Waals surface area (Å²) in [6.07, 6.45) is 7.51. The molecule has 0 atom stereocenters. The molecule has 0 heterocycles. The van der Waals surface area contributed by atoms with Crippen LogP contribution in [0.1, 0.15) is 33.6 Å². The number of nitrogens with zero attached hydrogens (tertiary/aromatic N) is 1. The second-order valence-corrected chi connectivity index (χ2v) is 8.16. The molecule has 0 aromatic carbocycles. The molecule has 1 aliphatic rings. The molecule has 1 rings (SSSR count). The van der Waals surface area contributed by atoms with Crippen molar-refractivity contribution in [2.75, 3.05) is 19.3 Å². The predicted octanol–water partition coefficient (Wildman–Crippen LogP) is 1.08. The number of aliphatic imine (C=N–C) groups is 1. The van der Waals surface area contributed by atoms with E-state index in [0.29, 0.717) is 12.0 Å². The van der Waals surface area contributed by atoms with Crippen LogP contribution in [0.2, 0.25) is 0 Å². The van der Waals surface area contributed by atoms with Gasteiger partial charge in [0.2, 0.25) is 0 Å². The monoisotopic (exact) mass is 287 g/mol. The summed E-state index contributed by atoms with van der Waals surface area (Å²) in [6, 6.07) is 0.360. The van der Waals surface area contributed by atoms with Gasteiger partial charge in [-0.3, -0.25) is 4.99 Å². The molecule has 19 heavy (non-hydrogen) atoms. The normalized spacial score (nSPS) is 17.8. The largest absolute Gasteiger partial charge is 0.357 e. The standard InChI is InChI=1S/C13H25N3O2S/c1-5-14-12(16-11-8-6-7-9-11)15-10-13(2,3)19(4,17)18/h6-7,11H,5,8-10H2,1-4H3,(H2,14,15,16). The Balaban J connectivity index is 2.67. The first kappa shape index (κ1) is 16.0. The van der Waals surface area contributed by atoms with E-state index in [1.54, 1.807) is 13.8 Å². The molecule has 0 unspecified atom stereocenters. The minimum absolute atomic E-state index is 0.251. The Kier molecular flexibility index (Phi) is 5.40. The molecule has 0 saturated heterocycles. The van der Waals surface area contributed by atoms with E-state index in [1.807, 2.05) is 6.92 Å². The quantitative estimate of drug-likeness (QED) is 0.451. The SMILES string of the molecule is CCNC(=NCC(C)(C)S(C)(=O)=O)NC1CC=CC1. The summed E-state index contributed by atoms with van der Waals surface area (Å²) >= 11 is 0. The Morgan fingerprint density at radius 3 is 2.42 bits per heavy atom. The molecule has 0 saturated carbocycles. The minimum atomic E-state index is -3.12. The molecule has 6 heteroatoms. The van der Waals surface area contributed by atoms with Gasteiger partial charge in [-0.05, 0) is 33.6 Å². The van der Waals surface area contributed by atoms with Crippen LogP contribution in [-0.2, 0) is 9.84 Å². The van der Waals surface area contributed by atoms with Gasteiger partial charge in [0.05, 0.1) is 11.3 Å². The Morgan fingerprint density at radius 2 is 1.95 bits per heavy atom. The Hall–Kier alpha value is -1.04. The smallest absolute Gasteiger partial charge is 0.191 e. The number of rotatable bonds is 5. The number of nitrogens with one attached hydrogen (secondary N) is 2. The molecule has 0 fully saturated rings. The van der Waals surface area contributed by atoms with Crippen LogP contribution < -0.4 is 10.6 Å². The van der Waals surface area contributed by atoms with Gasteiger partial charge in [-0.25, -0.2) is 8.42 Å². The topological polar surface area (TPSA) is 70.6 Å². The molecule has 0 amide bonds. The summed E-state index contributed by atoms with van der Waals surface area (Å²) in [5.41, 5.74) is 0. The van der Waals surface area contributed by atoms with E-state index in [-0.39, 0.29) is 6.54 Å². The fourth-order valence-corrected chi connectivity index (χ4v) is 1.93. The second-order valence-electron chi connectivity index (χ2n) is 5.51. The zero-order valence-electron chi connectivity index (χ0n) is 12.2. The van der Waals surface area contributed by atoms with Crippen molar-refractivity contribution in [2.45, 2.75) is 44.4 Å². The van der Waals surface area contributed by atoms with Crippen LogP contribution in [0.3, 0.4) is 0 Å². The number of sulfone groups is 1. The Labute approximate surface area is 116 Å². The van der Waals surface area contributed by atoms with E-state index in [9.17, 15) is 8.42 Å². The zero-order chi connectivity index (χ0) is 14.5.